The van der Waals surface area contributed by atoms with E-state index in [-0.39, 0.29) is 6.42 Å². The van der Waals surface area contributed by atoms with Crippen LogP contribution in [0.5, 0.6) is 0 Å². The van der Waals surface area contributed by atoms with E-state index in [1.807, 2.05) is 0 Å². The van der Waals surface area contributed by atoms with Crippen molar-refractivity contribution >= 4 is 17.7 Å². The molecule has 0 fully saturated rings. The van der Waals surface area contributed by atoms with Gasteiger partial charge in [-0.25, -0.2) is 4.79 Å². The van der Waals surface area contributed by atoms with E-state index in [1.165, 1.54) is 6.92 Å². The highest BCUT2D eigenvalue weighted by Gasteiger charge is 2.32. The molecule has 0 aromatic rings. The molecular formula is C10H18N2O4. The number of hydrogen-bond donors (Lipinski definition) is 3. The molecule has 0 aliphatic heterocycles. The number of esters is 1. The third kappa shape index (κ3) is 4.88. The number of carbonyl (C=O) groups is 2. The molecule has 6 heteroatoms. The Morgan fingerprint density at radius 3 is 2.06 bits per heavy atom. The van der Waals surface area contributed by atoms with Gasteiger partial charge in [-0.2, -0.15) is 0 Å². The molecule has 16 heavy (non-hydrogen) atoms. The number of ether oxygens (including phenoxy) is 1. The fraction of sp³-hybridized carbons (Fsp3) is 0.700. The Labute approximate surface area is 94.3 Å². The molecule has 0 saturated carbocycles. The second-order valence-corrected chi connectivity index (χ2v) is 4.88. The van der Waals surface area contributed by atoms with Gasteiger partial charge in [0.05, 0.1) is 0 Å². The summed E-state index contributed by atoms with van der Waals surface area (Å²) in [7, 11) is 0. The first-order valence-corrected chi connectivity index (χ1v) is 4.79. The average Bonchev–Trinajstić information content (AvgIpc) is 1.99. The maximum Gasteiger partial charge on any atom is 0.352 e. The van der Waals surface area contributed by atoms with Gasteiger partial charge in [0.1, 0.15) is 16.9 Å². The van der Waals surface area contributed by atoms with Crippen LogP contribution in [0.4, 0.5) is 0 Å². The van der Waals surface area contributed by atoms with Crippen LogP contribution in [0.2, 0.25) is 0 Å². The number of nitrogens with two attached hydrogens (primary N) is 1. The van der Waals surface area contributed by atoms with E-state index in [4.69, 9.17) is 21.0 Å². The first-order valence-electron chi connectivity index (χ1n) is 4.79. The molecule has 92 valence electrons. The first-order chi connectivity index (χ1) is 6.96. The van der Waals surface area contributed by atoms with Gasteiger partial charge in [-0.3, -0.25) is 10.2 Å². The summed E-state index contributed by atoms with van der Waals surface area (Å²) in [4.78, 5) is 22.1. The second kappa shape index (κ2) is 4.61. The van der Waals surface area contributed by atoms with Crippen molar-refractivity contribution < 1.29 is 19.4 Å². The summed E-state index contributed by atoms with van der Waals surface area (Å²) in [5.41, 5.74) is 2.63. The molecule has 0 bridgehead atoms. The Morgan fingerprint density at radius 2 is 1.75 bits per heavy atom. The van der Waals surface area contributed by atoms with Crippen LogP contribution in [-0.4, -0.2) is 33.9 Å². The van der Waals surface area contributed by atoms with Crippen LogP contribution >= 0.6 is 0 Å². The van der Waals surface area contributed by atoms with Gasteiger partial charge >= 0.3 is 11.9 Å². The molecule has 1 unspecified atom stereocenters. The number of aliphatic carboxylic acids is 1. The minimum absolute atomic E-state index is 0.364. The molecule has 0 aliphatic carbocycles. The van der Waals surface area contributed by atoms with Crippen molar-refractivity contribution in [1.82, 2.24) is 0 Å². The van der Waals surface area contributed by atoms with E-state index >= 15 is 0 Å². The van der Waals surface area contributed by atoms with Crippen LogP contribution in [0.3, 0.4) is 0 Å². The lowest BCUT2D eigenvalue weighted by molar-refractivity contribution is -0.146. The molecule has 0 aromatic carbocycles. The van der Waals surface area contributed by atoms with Crippen LogP contribution in [0.1, 0.15) is 34.1 Å². The zero-order chi connectivity index (χ0) is 13.1. The molecule has 0 heterocycles. The van der Waals surface area contributed by atoms with Crippen molar-refractivity contribution in [3.63, 3.8) is 0 Å². The SMILES string of the molecule is CC(C)(C)OC(=O)C(=N)CC(C)(N)C(=O)O. The van der Waals surface area contributed by atoms with Crippen molar-refractivity contribution in [2.24, 2.45) is 5.73 Å². The van der Waals surface area contributed by atoms with Crippen LogP contribution < -0.4 is 5.73 Å². The maximum atomic E-state index is 11.4. The van der Waals surface area contributed by atoms with Crippen LogP contribution in [0, 0.1) is 5.41 Å². The summed E-state index contributed by atoms with van der Waals surface area (Å²) in [5, 5.41) is 16.1. The quantitative estimate of drug-likeness (QED) is 0.481. The second-order valence-electron chi connectivity index (χ2n) is 4.88. The molecule has 1 atom stereocenters. The number of nitrogens with one attached hydrogen (secondary N) is 1. The van der Waals surface area contributed by atoms with E-state index in [0.717, 1.165) is 0 Å². The molecular weight excluding hydrogens is 212 g/mol. The highest BCUT2D eigenvalue weighted by Crippen LogP contribution is 2.11. The number of carbonyl (C=O) groups excluding carboxylic acids is 1. The van der Waals surface area contributed by atoms with Crippen LogP contribution in [0.25, 0.3) is 0 Å². The Kier molecular flexibility index (Phi) is 4.20. The van der Waals surface area contributed by atoms with E-state index < -0.39 is 28.8 Å². The number of rotatable bonds is 4. The molecule has 0 aliphatic rings. The van der Waals surface area contributed by atoms with Gasteiger partial charge in [0, 0.05) is 6.42 Å². The predicted octanol–water partition coefficient (Wildman–Crippen LogP) is 0.540. The van der Waals surface area contributed by atoms with Gasteiger partial charge in [0.15, 0.2) is 0 Å². The van der Waals surface area contributed by atoms with Gasteiger partial charge in [0.25, 0.3) is 0 Å². The van der Waals surface area contributed by atoms with Gasteiger partial charge in [-0.15, -0.1) is 0 Å². The average molecular weight is 230 g/mol. The Hall–Kier alpha value is -1.43. The number of carboxylic acid groups (broad SMARTS) is 1. The van der Waals surface area contributed by atoms with Crippen molar-refractivity contribution in [3.05, 3.63) is 0 Å². The lowest BCUT2D eigenvalue weighted by atomic mass is 9.96. The van der Waals surface area contributed by atoms with Crippen LogP contribution in [-0.2, 0) is 14.3 Å². The van der Waals surface area contributed by atoms with E-state index in [9.17, 15) is 9.59 Å². The van der Waals surface area contributed by atoms with E-state index in [2.05, 4.69) is 0 Å². The molecule has 0 rings (SSSR count). The smallest absolute Gasteiger partial charge is 0.352 e. The summed E-state index contributed by atoms with van der Waals surface area (Å²) in [5.74, 6) is -2.11. The number of hydrogen-bond acceptors (Lipinski definition) is 5. The highest BCUT2D eigenvalue weighted by molar-refractivity contribution is 6.35. The minimum atomic E-state index is -1.63. The van der Waals surface area contributed by atoms with Crippen molar-refractivity contribution in [3.8, 4) is 0 Å². The molecule has 0 spiro atoms. The van der Waals surface area contributed by atoms with Crippen molar-refractivity contribution in [2.75, 3.05) is 0 Å². The Bertz CT molecular complexity index is 315. The van der Waals surface area contributed by atoms with E-state index in [1.54, 1.807) is 20.8 Å². The summed E-state index contributed by atoms with van der Waals surface area (Å²) in [6, 6.07) is 0. The first kappa shape index (κ1) is 14.6. The van der Waals surface area contributed by atoms with Crippen molar-refractivity contribution in [2.45, 2.75) is 45.3 Å². The van der Waals surface area contributed by atoms with Gasteiger partial charge in [-0.05, 0) is 27.7 Å². The molecule has 0 aromatic heterocycles. The maximum absolute atomic E-state index is 11.4. The molecule has 6 nitrogen and oxygen atoms in total. The standard InChI is InChI=1S/C10H18N2O4/c1-9(2,3)16-7(13)6(11)5-10(4,12)8(14)15/h11H,5,12H2,1-4H3,(H,14,15). The summed E-state index contributed by atoms with van der Waals surface area (Å²) in [6.45, 7) is 6.24. The zero-order valence-electron chi connectivity index (χ0n) is 9.96. The predicted molar refractivity (Wildman–Crippen MR) is 58.4 cm³/mol. The Balaban J connectivity index is 4.50. The third-order valence-electron chi connectivity index (χ3n) is 1.68. The van der Waals surface area contributed by atoms with Crippen molar-refractivity contribution in [1.29, 1.82) is 5.41 Å². The largest absolute Gasteiger partial charge is 0.480 e. The summed E-state index contributed by atoms with van der Waals surface area (Å²) < 4.78 is 4.91. The molecule has 4 N–H and O–H groups in total. The fourth-order valence-corrected chi connectivity index (χ4v) is 0.855. The fourth-order valence-electron chi connectivity index (χ4n) is 0.855. The van der Waals surface area contributed by atoms with Gasteiger partial charge in [-0.1, -0.05) is 0 Å². The topological polar surface area (TPSA) is 113 Å². The van der Waals surface area contributed by atoms with E-state index in [0.29, 0.717) is 0 Å². The third-order valence-corrected chi connectivity index (χ3v) is 1.68. The highest BCUT2D eigenvalue weighted by atomic mass is 16.6. The van der Waals surface area contributed by atoms with Gasteiger partial charge < -0.3 is 15.6 Å². The lowest BCUT2D eigenvalue weighted by Crippen LogP contribution is -2.48. The normalized spacial score (nSPS) is 15.1. The molecule has 0 radical (unpaired) electrons. The Morgan fingerprint density at radius 1 is 1.31 bits per heavy atom. The summed E-state index contributed by atoms with van der Waals surface area (Å²) >= 11 is 0. The zero-order valence-corrected chi connectivity index (χ0v) is 9.96. The lowest BCUT2D eigenvalue weighted by Gasteiger charge is -2.22. The van der Waals surface area contributed by atoms with Gasteiger partial charge in [0.2, 0.25) is 0 Å². The minimum Gasteiger partial charge on any atom is -0.480 e. The van der Waals surface area contributed by atoms with Crippen LogP contribution in [0.15, 0.2) is 0 Å². The number of carboxylic acids is 1. The molecule has 0 amide bonds. The monoisotopic (exact) mass is 230 g/mol. The molecule has 0 saturated heterocycles. The summed E-state index contributed by atoms with van der Waals surface area (Å²) in [6.07, 6.45) is -0.364.